The SMILES string of the molecule is CCCCNC(c1cc2cc3c(cc2[nH]c1=O)OCO3)P(=O)(OCC)OCC. The Morgan fingerprint density at radius 2 is 1.82 bits per heavy atom. The van der Waals surface area contributed by atoms with E-state index in [0.29, 0.717) is 29.1 Å². The summed E-state index contributed by atoms with van der Waals surface area (Å²) in [6.45, 7) is 6.73. The Kier molecular flexibility index (Phi) is 6.78. The number of pyridine rings is 1. The van der Waals surface area contributed by atoms with Gasteiger partial charge < -0.3 is 23.5 Å². The number of ether oxygens (including phenoxy) is 2. The number of nitrogens with one attached hydrogen (secondary N) is 2. The highest BCUT2D eigenvalue weighted by atomic mass is 31.2. The Bertz CT molecular complexity index is 919. The van der Waals surface area contributed by atoms with E-state index < -0.39 is 13.4 Å². The van der Waals surface area contributed by atoms with E-state index in [2.05, 4.69) is 17.2 Å². The summed E-state index contributed by atoms with van der Waals surface area (Å²) >= 11 is 0. The molecule has 1 aromatic carbocycles. The number of fused-ring (bicyclic) bond motifs is 2. The lowest BCUT2D eigenvalue weighted by atomic mass is 10.1. The van der Waals surface area contributed by atoms with E-state index in [4.69, 9.17) is 18.5 Å². The van der Waals surface area contributed by atoms with Crippen molar-refractivity contribution >= 4 is 18.5 Å². The average molecular weight is 410 g/mol. The second-order valence-corrected chi connectivity index (χ2v) is 8.54. The van der Waals surface area contributed by atoms with Crippen molar-refractivity contribution in [3.8, 4) is 11.5 Å². The number of benzene rings is 1. The fraction of sp³-hybridized carbons (Fsp3) is 0.526. The van der Waals surface area contributed by atoms with E-state index in [1.54, 1.807) is 32.0 Å². The van der Waals surface area contributed by atoms with Crippen molar-refractivity contribution in [2.45, 2.75) is 39.4 Å². The minimum Gasteiger partial charge on any atom is -0.454 e. The Morgan fingerprint density at radius 1 is 1.14 bits per heavy atom. The molecule has 0 fully saturated rings. The summed E-state index contributed by atoms with van der Waals surface area (Å²) in [7, 11) is -3.60. The zero-order valence-corrected chi connectivity index (χ0v) is 17.3. The van der Waals surface area contributed by atoms with Crippen LogP contribution in [-0.2, 0) is 13.6 Å². The third-order valence-corrected chi connectivity index (χ3v) is 6.79. The lowest BCUT2D eigenvalue weighted by molar-refractivity contribution is 0.174. The van der Waals surface area contributed by atoms with Crippen LogP contribution in [-0.4, -0.2) is 31.5 Å². The maximum absolute atomic E-state index is 13.5. The van der Waals surface area contributed by atoms with E-state index in [1.807, 2.05) is 0 Å². The van der Waals surface area contributed by atoms with Gasteiger partial charge in [0.2, 0.25) is 6.79 Å². The Morgan fingerprint density at radius 3 is 2.46 bits per heavy atom. The second-order valence-electron chi connectivity index (χ2n) is 6.43. The zero-order valence-electron chi connectivity index (χ0n) is 16.4. The van der Waals surface area contributed by atoms with Crippen molar-refractivity contribution < 1.29 is 23.1 Å². The quantitative estimate of drug-likeness (QED) is 0.453. The highest BCUT2D eigenvalue weighted by Crippen LogP contribution is 2.59. The van der Waals surface area contributed by atoms with E-state index in [9.17, 15) is 9.36 Å². The number of hydrogen-bond acceptors (Lipinski definition) is 7. The smallest absolute Gasteiger partial charge is 0.352 e. The van der Waals surface area contributed by atoms with Crippen molar-refractivity contribution in [3.63, 3.8) is 0 Å². The van der Waals surface area contributed by atoms with Crippen LogP contribution < -0.4 is 20.3 Å². The van der Waals surface area contributed by atoms with Crippen LogP contribution in [0.5, 0.6) is 11.5 Å². The summed E-state index contributed by atoms with van der Waals surface area (Å²) in [5.41, 5.74) is 0.584. The molecule has 1 unspecified atom stereocenters. The van der Waals surface area contributed by atoms with Gasteiger partial charge in [-0.05, 0) is 38.9 Å². The third-order valence-electron chi connectivity index (χ3n) is 4.46. The largest absolute Gasteiger partial charge is 0.454 e. The van der Waals surface area contributed by atoms with Crippen LogP contribution in [0.25, 0.3) is 10.9 Å². The molecule has 0 saturated heterocycles. The van der Waals surface area contributed by atoms with Gasteiger partial charge in [-0.2, -0.15) is 0 Å². The molecule has 1 aliphatic rings. The van der Waals surface area contributed by atoms with Crippen molar-refractivity contribution in [2.75, 3.05) is 26.6 Å². The molecule has 0 aliphatic carbocycles. The Hall–Kier alpha value is -1.86. The first kappa shape index (κ1) is 20.9. The molecule has 0 bridgehead atoms. The average Bonchev–Trinajstić information content (AvgIpc) is 3.11. The lowest BCUT2D eigenvalue weighted by Gasteiger charge is -2.27. The molecule has 0 radical (unpaired) electrons. The number of H-pyrrole nitrogens is 1. The monoisotopic (exact) mass is 410 g/mol. The first-order valence-electron chi connectivity index (χ1n) is 9.61. The maximum Gasteiger partial charge on any atom is 0.352 e. The molecular weight excluding hydrogens is 383 g/mol. The second kappa shape index (κ2) is 9.09. The first-order valence-corrected chi connectivity index (χ1v) is 11.2. The van der Waals surface area contributed by atoms with E-state index >= 15 is 0 Å². The topological polar surface area (TPSA) is 98.9 Å². The van der Waals surface area contributed by atoms with Gasteiger partial charge in [0.1, 0.15) is 5.78 Å². The number of aromatic nitrogens is 1. The number of rotatable bonds is 10. The molecule has 154 valence electrons. The summed E-state index contributed by atoms with van der Waals surface area (Å²) in [6, 6.07) is 5.24. The summed E-state index contributed by atoms with van der Waals surface area (Å²) < 4.78 is 35.3. The first-order chi connectivity index (χ1) is 13.5. The predicted octanol–water partition coefficient (Wildman–Crippen LogP) is 3.91. The molecule has 9 heteroatoms. The standard InChI is InChI=1S/C19H27N2O6P/c1-4-7-8-20-19(28(23,26-5-2)27-6-3)14-9-13-10-16-17(25-12-24-16)11-15(13)21-18(14)22/h9-11,19-20H,4-8,12H2,1-3H3,(H,21,22). The van der Waals surface area contributed by atoms with Crippen LogP contribution in [0.4, 0.5) is 0 Å². The van der Waals surface area contributed by atoms with E-state index in [0.717, 1.165) is 18.2 Å². The molecule has 1 aromatic heterocycles. The minimum atomic E-state index is -3.60. The van der Waals surface area contributed by atoms with Crippen LogP contribution in [0.15, 0.2) is 23.0 Å². The summed E-state index contributed by atoms with van der Waals surface area (Å²) in [5, 5.41) is 3.97. The number of unbranched alkanes of at least 4 members (excludes halogenated alkanes) is 1. The maximum atomic E-state index is 13.5. The van der Waals surface area contributed by atoms with Crippen molar-refractivity contribution in [1.29, 1.82) is 0 Å². The third kappa shape index (κ3) is 4.25. The van der Waals surface area contributed by atoms with Crippen molar-refractivity contribution in [1.82, 2.24) is 10.3 Å². The molecular formula is C19H27N2O6P. The Labute approximate surface area is 164 Å². The molecule has 0 spiro atoms. The van der Waals surface area contributed by atoms with Gasteiger partial charge >= 0.3 is 7.60 Å². The molecule has 1 atom stereocenters. The molecule has 8 nitrogen and oxygen atoms in total. The lowest BCUT2D eigenvalue weighted by Crippen LogP contribution is -2.29. The van der Waals surface area contributed by atoms with Crippen LogP contribution >= 0.6 is 7.60 Å². The normalized spacial score (nSPS) is 14.5. The Balaban J connectivity index is 2.08. The zero-order chi connectivity index (χ0) is 20.1. The summed E-state index contributed by atoms with van der Waals surface area (Å²) in [4.78, 5) is 15.7. The summed E-state index contributed by atoms with van der Waals surface area (Å²) in [5.74, 6) is 0.333. The van der Waals surface area contributed by atoms with Gasteiger partial charge in [0.15, 0.2) is 11.5 Å². The molecule has 0 amide bonds. The van der Waals surface area contributed by atoms with Gasteiger partial charge in [0.25, 0.3) is 5.56 Å². The van der Waals surface area contributed by atoms with Crippen LogP contribution in [0, 0.1) is 0 Å². The van der Waals surface area contributed by atoms with Gasteiger partial charge in [0.05, 0.1) is 18.7 Å². The van der Waals surface area contributed by atoms with Gasteiger partial charge in [-0.3, -0.25) is 14.7 Å². The molecule has 2 N–H and O–H groups in total. The van der Waals surface area contributed by atoms with Crippen LogP contribution in [0.3, 0.4) is 0 Å². The highest BCUT2D eigenvalue weighted by Gasteiger charge is 2.38. The molecule has 3 rings (SSSR count). The number of hydrogen-bond donors (Lipinski definition) is 2. The van der Waals surface area contributed by atoms with Crippen LogP contribution in [0.2, 0.25) is 0 Å². The van der Waals surface area contributed by atoms with Crippen molar-refractivity contribution in [3.05, 3.63) is 34.1 Å². The van der Waals surface area contributed by atoms with E-state index in [1.165, 1.54) is 0 Å². The number of aromatic amines is 1. The molecule has 1 aliphatic heterocycles. The van der Waals surface area contributed by atoms with Crippen LogP contribution in [0.1, 0.15) is 45.0 Å². The van der Waals surface area contributed by atoms with Gasteiger partial charge in [-0.1, -0.05) is 13.3 Å². The summed E-state index contributed by atoms with van der Waals surface area (Å²) in [6.07, 6.45) is 1.84. The minimum absolute atomic E-state index is 0.147. The predicted molar refractivity (Wildman–Crippen MR) is 107 cm³/mol. The molecule has 2 heterocycles. The fourth-order valence-corrected chi connectivity index (χ4v) is 5.15. The van der Waals surface area contributed by atoms with Crippen molar-refractivity contribution in [2.24, 2.45) is 0 Å². The van der Waals surface area contributed by atoms with Gasteiger partial charge in [-0.25, -0.2) is 0 Å². The molecule has 28 heavy (non-hydrogen) atoms. The molecule has 0 saturated carbocycles. The fourth-order valence-electron chi connectivity index (χ4n) is 3.17. The van der Waals surface area contributed by atoms with E-state index in [-0.39, 0.29) is 25.6 Å². The van der Waals surface area contributed by atoms with Gasteiger partial charge in [0, 0.05) is 17.0 Å². The van der Waals surface area contributed by atoms with Gasteiger partial charge in [-0.15, -0.1) is 0 Å². The highest BCUT2D eigenvalue weighted by molar-refractivity contribution is 7.54. The molecule has 2 aromatic rings.